The summed E-state index contributed by atoms with van der Waals surface area (Å²) >= 11 is 0. The van der Waals surface area contributed by atoms with E-state index in [1.165, 1.54) is 0 Å². The summed E-state index contributed by atoms with van der Waals surface area (Å²) in [7, 11) is 1.60. The maximum atomic E-state index is 13.5. The number of pyridine rings is 1. The maximum absolute atomic E-state index is 13.5. The maximum Gasteiger partial charge on any atom is 0.276 e. The van der Waals surface area contributed by atoms with E-state index in [4.69, 9.17) is 4.74 Å². The fourth-order valence-corrected chi connectivity index (χ4v) is 3.85. The second-order valence-corrected chi connectivity index (χ2v) is 7.41. The predicted octanol–water partition coefficient (Wildman–Crippen LogP) is 2.09. The van der Waals surface area contributed by atoms with E-state index in [1.807, 2.05) is 42.5 Å². The van der Waals surface area contributed by atoms with Gasteiger partial charge in [-0.3, -0.25) is 9.78 Å². The molecule has 1 amide bonds. The third-order valence-electron chi connectivity index (χ3n) is 5.50. The highest BCUT2D eigenvalue weighted by atomic mass is 16.5. The predicted molar refractivity (Wildman–Crippen MR) is 121 cm³/mol. The van der Waals surface area contributed by atoms with Gasteiger partial charge < -0.3 is 14.5 Å². The summed E-state index contributed by atoms with van der Waals surface area (Å²) < 4.78 is 7.12. The van der Waals surface area contributed by atoms with Crippen LogP contribution in [0.25, 0.3) is 17.1 Å². The van der Waals surface area contributed by atoms with Crippen LogP contribution in [0.15, 0.2) is 67.1 Å². The molecule has 1 aliphatic rings. The van der Waals surface area contributed by atoms with Gasteiger partial charge in [-0.2, -0.15) is 0 Å². The summed E-state index contributed by atoms with van der Waals surface area (Å²) in [5.74, 6) is 1.10. The molecule has 166 valence electrons. The van der Waals surface area contributed by atoms with Crippen LogP contribution in [0.1, 0.15) is 10.5 Å². The SMILES string of the molecule is COc1ccccc1-n1nnc(C(=O)N2CCN(c3ncccn3)CC2)c1-c1ccccn1. The number of carbonyl (C=O) groups is 1. The Morgan fingerprint density at radius 3 is 2.33 bits per heavy atom. The van der Waals surface area contributed by atoms with Gasteiger partial charge >= 0.3 is 0 Å². The molecular weight excluding hydrogens is 420 g/mol. The Morgan fingerprint density at radius 2 is 1.61 bits per heavy atom. The van der Waals surface area contributed by atoms with Crippen molar-refractivity contribution in [2.45, 2.75) is 0 Å². The van der Waals surface area contributed by atoms with Gasteiger partial charge in [-0.25, -0.2) is 14.6 Å². The van der Waals surface area contributed by atoms with Crippen molar-refractivity contribution >= 4 is 11.9 Å². The van der Waals surface area contributed by atoms with Crippen molar-refractivity contribution in [2.75, 3.05) is 38.2 Å². The second-order valence-electron chi connectivity index (χ2n) is 7.41. The van der Waals surface area contributed by atoms with Crippen molar-refractivity contribution in [1.82, 2.24) is 34.8 Å². The van der Waals surface area contributed by atoms with Crippen LogP contribution < -0.4 is 9.64 Å². The molecule has 0 bridgehead atoms. The molecule has 33 heavy (non-hydrogen) atoms. The lowest BCUT2D eigenvalue weighted by Crippen LogP contribution is -2.49. The smallest absolute Gasteiger partial charge is 0.276 e. The lowest BCUT2D eigenvalue weighted by atomic mass is 10.1. The minimum atomic E-state index is -0.189. The fourth-order valence-electron chi connectivity index (χ4n) is 3.85. The summed E-state index contributed by atoms with van der Waals surface area (Å²) in [5.41, 5.74) is 2.06. The first-order valence-corrected chi connectivity index (χ1v) is 10.6. The number of anilines is 1. The summed E-state index contributed by atoms with van der Waals surface area (Å²) in [4.78, 5) is 30.5. The van der Waals surface area contributed by atoms with Crippen molar-refractivity contribution in [3.8, 4) is 22.8 Å². The van der Waals surface area contributed by atoms with Crippen LogP contribution in [0.3, 0.4) is 0 Å². The number of para-hydroxylation sites is 2. The van der Waals surface area contributed by atoms with Crippen LogP contribution >= 0.6 is 0 Å². The fraction of sp³-hybridized carbons (Fsp3) is 0.217. The first kappa shape index (κ1) is 20.6. The number of methoxy groups -OCH3 is 1. The molecule has 0 spiro atoms. The molecule has 10 nitrogen and oxygen atoms in total. The highest BCUT2D eigenvalue weighted by Crippen LogP contribution is 2.29. The standard InChI is InChI=1S/C23H22N8O2/c1-33-19-9-3-2-8-18(19)31-21(17-7-4-5-10-24-17)20(27-28-31)22(32)29-13-15-30(16-14-29)23-25-11-6-12-26-23/h2-12H,13-16H2,1H3. The van der Waals surface area contributed by atoms with Gasteiger partial charge in [0, 0.05) is 44.8 Å². The molecule has 3 aromatic heterocycles. The Kier molecular flexibility index (Phi) is 5.62. The van der Waals surface area contributed by atoms with Crippen LogP contribution in [0.2, 0.25) is 0 Å². The summed E-state index contributed by atoms with van der Waals surface area (Å²) in [6.07, 6.45) is 5.12. The van der Waals surface area contributed by atoms with E-state index in [2.05, 4.69) is 30.2 Å². The zero-order chi connectivity index (χ0) is 22.6. The van der Waals surface area contributed by atoms with E-state index in [0.717, 1.165) is 0 Å². The van der Waals surface area contributed by atoms with E-state index in [9.17, 15) is 4.79 Å². The van der Waals surface area contributed by atoms with Gasteiger partial charge in [0.15, 0.2) is 5.69 Å². The molecule has 10 heteroatoms. The monoisotopic (exact) mass is 442 g/mol. The molecule has 0 radical (unpaired) electrons. The number of hydrogen-bond donors (Lipinski definition) is 0. The Morgan fingerprint density at radius 1 is 0.879 bits per heavy atom. The van der Waals surface area contributed by atoms with Crippen LogP contribution in [0.5, 0.6) is 5.75 Å². The Bertz CT molecular complexity index is 1240. The molecule has 1 fully saturated rings. The second kappa shape index (κ2) is 9.03. The number of amides is 1. The Balaban J connectivity index is 1.47. The number of carbonyl (C=O) groups excluding carboxylic acids is 1. The molecule has 4 heterocycles. The molecule has 0 N–H and O–H groups in total. The number of benzene rings is 1. The highest BCUT2D eigenvalue weighted by molar-refractivity contribution is 5.98. The minimum Gasteiger partial charge on any atom is -0.494 e. The molecule has 4 aromatic rings. The van der Waals surface area contributed by atoms with Gasteiger partial charge in [-0.05, 0) is 30.3 Å². The largest absolute Gasteiger partial charge is 0.494 e. The average Bonchev–Trinajstić information content (AvgIpc) is 3.34. The zero-order valence-electron chi connectivity index (χ0n) is 18.1. The normalized spacial score (nSPS) is 13.7. The Labute approximate surface area is 190 Å². The van der Waals surface area contributed by atoms with Crippen LogP contribution in [0, 0.1) is 0 Å². The third kappa shape index (κ3) is 3.98. The molecule has 0 atom stereocenters. The van der Waals surface area contributed by atoms with E-state index < -0.39 is 0 Å². The van der Waals surface area contributed by atoms with Gasteiger partial charge in [0.2, 0.25) is 5.95 Å². The minimum absolute atomic E-state index is 0.189. The van der Waals surface area contributed by atoms with Crippen LogP contribution in [0.4, 0.5) is 5.95 Å². The molecule has 1 aromatic carbocycles. The quantitative estimate of drug-likeness (QED) is 0.463. The number of hydrogen-bond acceptors (Lipinski definition) is 8. The van der Waals surface area contributed by atoms with Gasteiger partial charge in [0.1, 0.15) is 17.1 Å². The molecule has 1 saturated heterocycles. The van der Waals surface area contributed by atoms with E-state index >= 15 is 0 Å². The summed E-state index contributed by atoms with van der Waals surface area (Å²) in [6, 6.07) is 14.8. The van der Waals surface area contributed by atoms with E-state index in [0.29, 0.717) is 55.0 Å². The molecule has 0 aliphatic carbocycles. The van der Waals surface area contributed by atoms with Crippen molar-refractivity contribution in [3.63, 3.8) is 0 Å². The van der Waals surface area contributed by atoms with Crippen molar-refractivity contribution < 1.29 is 9.53 Å². The van der Waals surface area contributed by atoms with Crippen molar-refractivity contribution in [1.29, 1.82) is 0 Å². The molecular formula is C23H22N8O2. The van der Waals surface area contributed by atoms with Crippen molar-refractivity contribution in [2.24, 2.45) is 0 Å². The van der Waals surface area contributed by atoms with E-state index in [-0.39, 0.29) is 11.6 Å². The molecule has 0 unspecified atom stereocenters. The number of nitrogens with zero attached hydrogens (tertiary/aromatic N) is 8. The zero-order valence-corrected chi connectivity index (χ0v) is 18.1. The molecule has 5 rings (SSSR count). The number of ether oxygens (including phenoxy) is 1. The molecule has 1 aliphatic heterocycles. The summed E-state index contributed by atoms with van der Waals surface area (Å²) in [6.45, 7) is 2.32. The van der Waals surface area contributed by atoms with Gasteiger partial charge in [0.05, 0.1) is 12.8 Å². The average molecular weight is 442 g/mol. The Hall–Kier alpha value is -4.34. The van der Waals surface area contributed by atoms with Gasteiger partial charge in [-0.1, -0.05) is 23.4 Å². The van der Waals surface area contributed by atoms with Crippen molar-refractivity contribution in [3.05, 3.63) is 72.8 Å². The van der Waals surface area contributed by atoms with Gasteiger partial charge in [0.25, 0.3) is 5.91 Å². The third-order valence-corrected chi connectivity index (χ3v) is 5.50. The highest BCUT2D eigenvalue weighted by Gasteiger charge is 2.30. The van der Waals surface area contributed by atoms with Gasteiger partial charge in [-0.15, -0.1) is 5.10 Å². The van der Waals surface area contributed by atoms with E-state index in [1.54, 1.807) is 41.3 Å². The topological polar surface area (TPSA) is 102 Å². The number of piperazine rings is 1. The van der Waals surface area contributed by atoms with Crippen LogP contribution in [-0.4, -0.2) is 74.0 Å². The summed E-state index contributed by atoms with van der Waals surface area (Å²) in [5, 5.41) is 8.60. The first-order valence-electron chi connectivity index (χ1n) is 10.6. The number of rotatable bonds is 5. The lowest BCUT2D eigenvalue weighted by Gasteiger charge is -2.34. The number of aromatic nitrogens is 6. The molecule has 0 saturated carbocycles. The van der Waals surface area contributed by atoms with Crippen LogP contribution in [-0.2, 0) is 0 Å². The first-order chi connectivity index (χ1) is 16.3. The lowest BCUT2D eigenvalue weighted by molar-refractivity contribution is 0.0741.